The highest BCUT2D eigenvalue weighted by Crippen LogP contribution is 2.43. The van der Waals surface area contributed by atoms with E-state index in [1.54, 1.807) is 0 Å². The van der Waals surface area contributed by atoms with Crippen LogP contribution in [0.15, 0.2) is 122 Å². The molecule has 0 heterocycles. The first-order valence-corrected chi connectivity index (χ1v) is 30.9. The van der Waals surface area contributed by atoms with Crippen molar-refractivity contribution in [3.63, 3.8) is 0 Å². The fraction of sp³-hybridized carbons (Fsp3) is 0.641. The average molecular weight is 1080 g/mol. The van der Waals surface area contributed by atoms with Crippen LogP contribution in [0.4, 0.5) is 0 Å². The van der Waals surface area contributed by atoms with Crippen LogP contribution in [-0.4, -0.2) is 66.5 Å². The number of aliphatic hydroxyl groups excluding tert-OH is 1. The molecule has 0 bridgehead atoms. The van der Waals surface area contributed by atoms with E-state index < -0.39 is 57.8 Å². The maximum atomic E-state index is 12.9. The van der Waals surface area contributed by atoms with Crippen molar-refractivity contribution in [2.45, 2.75) is 238 Å². The molecule has 0 aliphatic heterocycles. The van der Waals surface area contributed by atoms with Gasteiger partial charge in [0.25, 0.3) is 0 Å². The molecule has 76 heavy (non-hydrogen) atoms. The van der Waals surface area contributed by atoms with Crippen molar-refractivity contribution in [3.05, 3.63) is 122 Å². The summed E-state index contributed by atoms with van der Waals surface area (Å²) >= 11 is 0. The van der Waals surface area contributed by atoms with Crippen LogP contribution in [0.5, 0.6) is 0 Å². The molecule has 0 aliphatic rings. The van der Waals surface area contributed by atoms with E-state index in [1.807, 2.05) is 0 Å². The number of rotatable bonds is 53. The Bertz CT molecular complexity index is 1740. The van der Waals surface area contributed by atoms with Gasteiger partial charge in [-0.05, 0) is 128 Å². The van der Waals surface area contributed by atoms with Gasteiger partial charge >= 0.3 is 25.7 Å². The molecule has 0 saturated heterocycles. The van der Waals surface area contributed by atoms with Gasteiger partial charge in [-0.1, -0.05) is 200 Å². The van der Waals surface area contributed by atoms with E-state index in [1.165, 1.54) is 38.5 Å². The first kappa shape index (κ1) is 71.9. The largest absolute Gasteiger partial charge is 0.472 e. The Morgan fingerprint density at radius 3 is 1.07 bits per heavy atom. The van der Waals surface area contributed by atoms with Crippen molar-refractivity contribution < 1.29 is 52.2 Å². The molecule has 0 saturated carbocycles. The van der Waals surface area contributed by atoms with Crippen molar-refractivity contribution in [1.82, 2.24) is 0 Å². The number of aliphatic hydroxyl groups is 1. The normalized spacial score (nSPS) is 14.2. The fourth-order valence-corrected chi connectivity index (χ4v) is 8.21. The van der Waals surface area contributed by atoms with Gasteiger partial charge in [0.05, 0.1) is 19.8 Å². The maximum Gasteiger partial charge on any atom is 0.472 e. The summed E-state index contributed by atoms with van der Waals surface area (Å²) in [4.78, 5) is 48.6. The third-order valence-corrected chi connectivity index (χ3v) is 12.8. The van der Waals surface area contributed by atoms with E-state index in [4.69, 9.17) is 23.3 Å². The second-order valence-corrected chi connectivity index (χ2v) is 20.5. The summed E-state index contributed by atoms with van der Waals surface area (Å²) < 4.78 is 39.5. The zero-order valence-corrected chi connectivity index (χ0v) is 48.6. The molecule has 12 heteroatoms. The summed E-state index contributed by atoms with van der Waals surface area (Å²) in [5.74, 6) is -1.55. The first-order valence-electron chi connectivity index (χ1n) is 29.4. The zero-order chi connectivity index (χ0) is 55.5. The molecule has 0 radical (unpaired) electrons. The summed E-state index contributed by atoms with van der Waals surface area (Å²) in [5, 5.41) is 9.81. The lowest BCUT2D eigenvalue weighted by atomic mass is 10.1. The SMILES string of the molecule is CC/C=C\C/C=C\C/C=C\C/C=C\C/C=C\CCCCCC(=O)OCC(COP(=O)(O)OCC(CO)OC(=O)CCCCC/C=C\C/C=C\C/C=C\CC)OC(=O)CCCCCCCCC/C=C\C/C=C\CCCCC. The van der Waals surface area contributed by atoms with Crippen molar-refractivity contribution in [3.8, 4) is 0 Å². The van der Waals surface area contributed by atoms with Crippen molar-refractivity contribution in [2.24, 2.45) is 0 Å². The lowest BCUT2D eigenvalue weighted by molar-refractivity contribution is -0.161. The highest BCUT2D eigenvalue weighted by Gasteiger charge is 2.28. The molecule has 0 aliphatic carbocycles. The summed E-state index contributed by atoms with van der Waals surface area (Å²) in [6.07, 6.45) is 70.1. The molecule has 11 nitrogen and oxygen atoms in total. The topological polar surface area (TPSA) is 155 Å². The number of carbonyl (C=O) groups is 3. The molecule has 0 rings (SSSR count). The average Bonchev–Trinajstić information content (AvgIpc) is 3.41. The van der Waals surface area contributed by atoms with Crippen molar-refractivity contribution >= 4 is 25.7 Å². The van der Waals surface area contributed by atoms with Gasteiger partial charge in [0.2, 0.25) is 0 Å². The predicted molar refractivity (Wildman–Crippen MR) is 316 cm³/mol. The van der Waals surface area contributed by atoms with Gasteiger partial charge < -0.3 is 24.2 Å². The monoisotopic (exact) mass is 1080 g/mol. The molecule has 432 valence electrons. The summed E-state index contributed by atoms with van der Waals surface area (Å²) in [7, 11) is -4.77. The summed E-state index contributed by atoms with van der Waals surface area (Å²) in [5.41, 5.74) is 0. The highest BCUT2D eigenvalue weighted by atomic mass is 31.2. The molecule has 2 N–H and O–H groups in total. The minimum Gasteiger partial charge on any atom is -0.462 e. The lowest BCUT2D eigenvalue weighted by Crippen LogP contribution is -2.30. The molecule has 0 aromatic heterocycles. The summed E-state index contributed by atoms with van der Waals surface area (Å²) in [6, 6.07) is 0. The van der Waals surface area contributed by atoms with Gasteiger partial charge in [-0.25, -0.2) is 4.57 Å². The molecule has 0 amide bonds. The molecule has 0 spiro atoms. The van der Waals surface area contributed by atoms with E-state index in [2.05, 4.69) is 142 Å². The summed E-state index contributed by atoms with van der Waals surface area (Å²) in [6.45, 7) is 4.30. The van der Waals surface area contributed by atoms with Crippen LogP contribution in [-0.2, 0) is 42.2 Å². The third kappa shape index (κ3) is 54.7. The first-order chi connectivity index (χ1) is 37.2. The van der Waals surface area contributed by atoms with Crippen LogP contribution in [0.1, 0.15) is 226 Å². The standard InChI is InChI=1S/C64H105O11P/c1-4-7-10-13-16-19-22-25-27-29-30-32-33-36-38-41-44-47-50-53-62(66)71-57-61(75-64(68)55-52-49-46-43-40-37-34-31-28-26-23-20-17-14-11-8-5-2)59-73-76(69,70)72-58-60(56-65)74-63(67)54-51-48-45-42-39-35-24-21-18-15-12-9-6-3/h7,9-10,12,16-21,25-28,30,32,35-36,38-39,60-61,65H,4-6,8,11,13-15,22-24,29,31,33-34,37,40-59H2,1-3H3,(H,69,70)/b10-7-,12-9-,19-16-,20-17-,21-18-,27-25-,28-26-,32-30-,38-36-,39-35-. The van der Waals surface area contributed by atoms with E-state index in [9.17, 15) is 28.9 Å². The Labute approximate surface area is 462 Å². The van der Waals surface area contributed by atoms with Gasteiger partial charge in [0.1, 0.15) is 12.7 Å². The van der Waals surface area contributed by atoms with Crippen molar-refractivity contribution in [2.75, 3.05) is 26.4 Å². The smallest absolute Gasteiger partial charge is 0.462 e. The molecular formula is C64H105O11P. The van der Waals surface area contributed by atoms with Crippen molar-refractivity contribution in [1.29, 1.82) is 0 Å². The van der Waals surface area contributed by atoms with Gasteiger partial charge in [0, 0.05) is 19.3 Å². The Kier molecular flexibility index (Phi) is 54.0. The number of hydrogen-bond acceptors (Lipinski definition) is 10. The Hall–Kier alpha value is -4.12. The Morgan fingerprint density at radius 1 is 0.382 bits per heavy atom. The number of phosphoric ester groups is 1. The van der Waals surface area contributed by atoms with Crippen LogP contribution < -0.4 is 0 Å². The number of carbonyl (C=O) groups excluding carboxylic acids is 3. The van der Waals surface area contributed by atoms with E-state index in [0.717, 1.165) is 128 Å². The van der Waals surface area contributed by atoms with Gasteiger partial charge in [-0.3, -0.25) is 23.4 Å². The maximum absolute atomic E-state index is 12.9. The molecule has 0 aromatic rings. The second kappa shape index (κ2) is 57.1. The number of unbranched alkanes of at least 4 members (excludes halogenated alkanes) is 16. The number of allylic oxidation sites excluding steroid dienone is 20. The van der Waals surface area contributed by atoms with Crippen LogP contribution in [0.2, 0.25) is 0 Å². The quantitative estimate of drug-likeness (QED) is 0.0197. The van der Waals surface area contributed by atoms with Gasteiger partial charge in [-0.15, -0.1) is 0 Å². The van der Waals surface area contributed by atoms with Crippen LogP contribution in [0.3, 0.4) is 0 Å². The van der Waals surface area contributed by atoms with Gasteiger partial charge in [-0.2, -0.15) is 0 Å². The molecule has 3 atom stereocenters. The number of ether oxygens (including phenoxy) is 3. The highest BCUT2D eigenvalue weighted by molar-refractivity contribution is 7.47. The number of esters is 3. The van der Waals surface area contributed by atoms with Crippen LogP contribution >= 0.6 is 7.82 Å². The Balaban J connectivity index is 4.84. The van der Waals surface area contributed by atoms with Crippen LogP contribution in [0.25, 0.3) is 0 Å². The number of phosphoric acid groups is 1. The molecule has 0 fully saturated rings. The van der Waals surface area contributed by atoms with Crippen LogP contribution in [0, 0.1) is 0 Å². The molecule has 0 aromatic carbocycles. The molecular weight excluding hydrogens is 976 g/mol. The Morgan fingerprint density at radius 2 is 0.684 bits per heavy atom. The lowest BCUT2D eigenvalue weighted by Gasteiger charge is -2.21. The van der Waals surface area contributed by atoms with Gasteiger partial charge in [0.15, 0.2) is 6.10 Å². The minimum atomic E-state index is -4.77. The minimum absolute atomic E-state index is 0.133. The predicted octanol–water partition coefficient (Wildman–Crippen LogP) is 17.6. The second-order valence-electron chi connectivity index (χ2n) is 19.0. The number of hydrogen-bond donors (Lipinski definition) is 2. The fourth-order valence-electron chi connectivity index (χ4n) is 7.43. The molecule has 3 unspecified atom stereocenters. The zero-order valence-electron chi connectivity index (χ0n) is 47.7. The van der Waals surface area contributed by atoms with E-state index >= 15 is 0 Å². The third-order valence-electron chi connectivity index (χ3n) is 11.8. The van der Waals surface area contributed by atoms with E-state index in [-0.39, 0.29) is 25.9 Å². The van der Waals surface area contributed by atoms with E-state index in [0.29, 0.717) is 19.3 Å².